The van der Waals surface area contributed by atoms with Gasteiger partial charge in [0.05, 0.1) is 12.0 Å². The van der Waals surface area contributed by atoms with Crippen molar-refractivity contribution in [3.8, 4) is 5.75 Å². The Morgan fingerprint density at radius 2 is 2.05 bits per heavy atom. The molecule has 3 heteroatoms. The minimum Gasteiger partial charge on any atom is -0.490 e. The Bertz CT molecular complexity index is 481. The van der Waals surface area contributed by atoms with E-state index in [0.717, 1.165) is 31.4 Å². The Morgan fingerprint density at radius 1 is 1.21 bits per heavy atom. The van der Waals surface area contributed by atoms with Crippen LogP contribution >= 0.6 is 0 Å². The monoisotopic (exact) mass is 260 g/mol. The molecular formula is C16H20O3. The van der Waals surface area contributed by atoms with Crippen molar-refractivity contribution in [3.63, 3.8) is 0 Å². The second-order valence-corrected chi connectivity index (χ2v) is 5.69. The lowest BCUT2D eigenvalue weighted by Gasteiger charge is -2.22. The van der Waals surface area contributed by atoms with Crippen molar-refractivity contribution in [3.05, 3.63) is 29.3 Å². The van der Waals surface area contributed by atoms with E-state index in [0.29, 0.717) is 6.42 Å². The number of benzene rings is 1. The summed E-state index contributed by atoms with van der Waals surface area (Å²) < 4.78 is 6.09. The van der Waals surface area contributed by atoms with Crippen molar-refractivity contribution in [1.29, 1.82) is 0 Å². The molecule has 0 aromatic heterocycles. The first-order chi connectivity index (χ1) is 9.24. The molecule has 19 heavy (non-hydrogen) atoms. The van der Waals surface area contributed by atoms with Crippen LogP contribution < -0.4 is 4.74 Å². The molecule has 0 saturated heterocycles. The van der Waals surface area contributed by atoms with E-state index in [2.05, 4.69) is 12.1 Å². The number of carboxylic acids is 1. The van der Waals surface area contributed by atoms with Gasteiger partial charge in [-0.3, -0.25) is 4.79 Å². The summed E-state index contributed by atoms with van der Waals surface area (Å²) in [4.78, 5) is 11.0. The van der Waals surface area contributed by atoms with E-state index in [1.807, 2.05) is 6.07 Å². The Balaban J connectivity index is 1.72. The molecule has 0 heterocycles. The smallest absolute Gasteiger partial charge is 0.306 e. The van der Waals surface area contributed by atoms with Gasteiger partial charge in [0, 0.05) is 0 Å². The maximum atomic E-state index is 11.0. The zero-order chi connectivity index (χ0) is 13.2. The molecule has 0 aliphatic heterocycles. The van der Waals surface area contributed by atoms with Gasteiger partial charge in [0.1, 0.15) is 5.75 Å². The van der Waals surface area contributed by atoms with E-state index in [4.69, 9.17) is 9.84 Å². The Kier molecular flexibility index (Phi) is 3.45. The predicted molar refractivity (Wildman–Crippen MR) is 72.5 cm³/mol. The number of fused-ring (bicyclic) bond motifs is 1. The minimum absolute atomic E-state index is 0.0783. The highest BCUT2D eigenvalue weighted by molar-refractivity contribution is 5.70. The van der Waals surface area contributed by atoms with Gasteiger partial charge in [-0.15, -0.1) is 0 Å². The van der Waals surface area contributed by atoms with Gasteiger partial charge in [0.25, 0.3) is 0 Å². The average molecular weight is 260 g/mol. The van der Waals surface area contributed by atoms with Crippen molar-refractivity contribution >= 4 is 5.97 Å². The third kappa shape index (κ3) is 2.60. The van der Waals surface area contributed by atoms with E-state index in [1.165, 1.54) is 24.0 Å². The Morgan fingerprint density at radius 3 is 2.84 bits per heavy atom. The first-order valence-corrected chi connectivity index (χ1v) is 7.24. The van der Waals surface area contributed by atoms with Crippen molar-refractivity contribution in [1.82, 2.24) is 0 Å². The fourth-order valence-corrected chi connectivity index (χ4v) is 3.31. The average Bonchev–Trinajstić information content (AvgIpc) is 2.88. The maximum Gasteiger partial charge on any atom is 0.306 e. The number of hydrogen-bond donors (Lipinski definition) is 1. The van der Waals surface area contributed by atoms with Crippen molar-refractivity contribution in [2.45, 2.75) is 51.0 Å². The van der Waals surface area contributed by atoms with Gasteiger partial charge in [-0.25, -0.2) is 0 Å². The van der Waals surface area contributed by atoms with Crippen LogP contribution in [-0.2, 0) is 17.6 Å². The van der Waals surface area contributed by atoms with Gasteiger partial charge in [0.2, 0.25) is 0 Å². The predicted octanol–water partition coefficient (Wildman–Crippen LogP) is 3.20. The maximum absolute atomic E-state index is 11.0. The molecule has 0 spiro atoms. The van der Waals surface area contributed by atoms with Crippen molar-refractivity contribution in [2.75, 3.05) is 0 Å². The van der Waals surface area contributed by atoms with Crippen LogP contribution in [0.15, 0.2) is 18.2 Å². The van der Waals surface area contributed by atoms with E-state index >= 15 is 0 Å². The zero-order valence-corrected chi connectivity index (χ0v) is 11.1. The molecule has 0 bridgehead atoms. The quantitative estimate of drug-likeness (QED) is 0.907. The van der Waals surface area contributed by atoms with Gasteiger partial charge >= 0.3 is 5.97 Å². The lowest BCUT2D eigenvalue weighted by molar-refractivity contribution is -0.141. The van der Waals surface area contributed by atoms with Crippen LogP contribution in [0.2, 0.25) is 0 Å². The highest BCUT2D eigenvalue weighted by atomic mass is 16.5. The van der Waals surface area contributed by atoms with Crippen LogP contribution in [0.25, 0.3) is 0 Å². The molecule has 1 aromatic rings. The van der Waals surface area contributed by atoms with E-state index in [9.17, 15) is 4.79 Å². The summed E-state index contributed by atoms with van der Waals surface area (Å²) in [6.07, 6.45) is 7.08. The molecule has 2 unspecified atom stereocenters. The second kappa shape index (κ2) is 5.24. The van der Waals surface area contributed by atoms with Crippen LogP contribution in [0.1, 0.15) is 43.2 Å². The number of aliphatic carboxylic acids is 1. The van der Waals surface area contributed by atoms with Crippen molar-refractivity contribution < 1.29 is 14.6 Å². The third-order valence-electron chi connectivity index (χ3n) is 4.38. The highest BCUT2D eigenvalue weighted by Crippen LogP contribution is 2.34. The molecule has 2 atom stereocenters. The van der Waals surface area contributed by atoms with E-state index < -0.39 is 5.97 Å². The first kappa shape index (κ1) is 12.5. The molecule has 0 amide bonds. The summed E-state index contributed by atoms with van der Waals surface area (Å²) >= 11 is 0. The number of carboxylic acid groups (broad SMARTS) is 1. The fraction of sp³-hybridized carbons (Fsp3) is 0.562. The lowest BCUT2D eigenvalue weighted by atomic mass is 9.91. The summed E-state index contributed by atoms with van der Waals surface area (Å²) in [6, 6.07) is 6.29. The molecule has 2 aliphatic rings. The summed E-state index contributed by atoms with van der Waals surface area (Å²) in [5.41, 5.74) is 2.77. The van der Waals surface area contributed by atoms with Gasteiger partial charge in [-0.2, -0.15) is 0 Å². The minimum atomic E-state index is -0.679. The van der Waals surface area contributed by atoms with Crippen LogP contribution in [0.4, 0.5) is 0 Å². The molecule has 102 valence electrons. The molecule has 1 fully saturated rings. The topological polar surface area (TPSA) is 46.5 Å². The van der Waals surface area contributed by atoms with Gasteiger partial charge < -0.3 is 9.84 Å². The molecule has 2 aliphatic carbocycles. The van der Waals surface area contributed by atoms with Crippen molar-refractivity contribution in [2.24, 2.45) is 5.92 Å². The van der Waals surface area contributed by atoms with E-state index in [1.54, 1.807) is 0 Å². The number of aryl methyl sites for hydroxylation is 1. The van der Waals surface area contributed by atoms with Crippen LogP contribution in [0.5, 0.6) is 5.75 Å². The summed E-state index contributed by atoms with van der Waals surface area (Å²) in [5.74, 6) is 0.0963. The number of carbonyl (C=O) groups is 1. The SMILES string of the molecule is O=C(O)C1CCC(Oc2cccc3c2CCCC3)C1. The standard InChI is InChI=1S/C16H20O3/c17-16(18)12-8-9-13(10-12)19-15-7-3-5-11-4-1-2-6-14(11)15/h3,5,7,12-13H,1-2,4,6,8-10H2,(H,17,18). The molecule has 1 N–H and O–H groups in total. The zero-order valence-electron chi connectivity index (χ0n) is 11.1. The van der Waals surface area contributed by atoms with Crippen LogP contribution in [-0.4, -0.2) is 17.2 Å². The Labute approximate surface area is 113 Å². The largest absolute Gasteiger partial charge is 0.490 e. The third-order valence-corrected chi connectivity index (χ3v) is 4.38. The highest BCUT2D eigenvalue weighted by Gasteiger charge is 2.31. The normalized spacial score (nSPS) is 25.9. The molecule has 1 saturated carbocycles. The van der Waals surface area contributed by atoms with Gasteiger partial charge in [-0.05, 0) is 62.1 Å². The summed E-state index contributed by atoms with van der Waals surface area (Å²) in [7, 11) is 0. The first-order valence-electron chi connectivity index (χ1n) is 7.24. The molecular weight excluding hydrogens is 240 g/mol. The Hall–Kier alpha value is -1.51. The van der Waals surface area contributed by atoms with Gasteiger partial charge in [0.15, 0.2) is 0 Å². The fourth-order valence-electron chi connectivity index (χ4n) is 3.31. The molecule has 0 radical (unpaired) electrons. The van der Waals surface area contributed by atoms with E-state index in [-0.39, 0.29) is 12.0 Å². The number of hydrogen-bond acceptors (Lipinski definition) is 2. The van der Waals surface area contributed by atoms with Crippen LogP contribution in [0, 0.1) is 5.92 Å². The van der Waals surface area contributed by atoms with Crippen LogP contribution in [0.3, 0.4) is 0 Å². The lowest BCUT2D eigenvalue weighted by Crippen LogP contribution is -2.17. The number of ether oxygens (including phenoxy) is 1. The summed E-state index contributed by atoms with van der Waals surface area (Å²) in [6.45, 7) is 0. The molecule has 3 rings (SSSR count). The molecule has 3 nitrogen and oxygen atoms in total. The second-order valence-electron chi connectivity index (χ2n) is 5.69. The summed E-state index contributed by atoms with van der Waals surface area (Å²) in [5, 5.41) is 9.03. The van der Waals surface area contributed by atoms with Gasteiger partial charge in [-0.1, -0.05) is 12.1 Å². The molecule has 1 aromatic carbocycles. The number of rotatable bonds is 3.